The molecule has 0 aliphatic carbocycles. The predicted molar refractivity (Wildman–Crippen MR) is 127 cm³/mol. The highest BCUT2D eigenvalue weighted by molar-refractivity contribution is 5.95. The normalized spacial score (nSPS) is 14.2. The van der Waals surface area contributed by atoms with Crippen molar-refractivity contribution in [2.75, 3.05) is 13.1 Å². The summed E-state index contributed by atoms with van der Waals surface area (Å²) in [7, 11) is 0. The average Bonchev–Trinajstić information content (AvgIpc) is 2.78. The number of carbonyl (C=O) groups excluding carboxylic acids is 6. The van der Waals surface area contributed by atoms with Gasteiger partial charge in [-0.05, 0) is 25.8 Å². The molecule has 35 heavy (non-hydrogen) atoms. The Balaban J connectivity index is 2.71. The molecule has 1 aromatic carbocycles. The fraction of sp³-hybridized carbons (Fsp3) is 0.500. The summed E-state index contributed by atoms with van der Waals surface area (Å²) in [6.45, 7) is 1.96. The van der Waals surface area contributed by atoms with Crippen molar-refractivity contribution >= 4 is 35.1 Å². The molecule has 192 valence electrons. The second kappa shape index (κ2) is 14.7. The van der Waals surface area contributed by atoms with Gasteiger partial charge in [0.05, 0.1) is 37.1 Å². The Hall–Kier alpha value is -3.44. The van der Waals surface area contributed by atoms with Crippen LogP contribution < -0.4 is 22.1 Å². The molecule has 0 fully saturated rings. The number of Topliss-reactive ketones (excluding diaryl/α,β-unsaturated/α-hetero) is 3. The van der Waals surface area contributed by atoms with Crippen molar-refractivity contribution in [2.45, 2.75) is 51.7 Å². The maximum atomic E-state index is 12.6. The summed E-state index contributed by atoms with van der Waals surface area (Å²) in [6, 6.07) is 8.25. The van der Waals surface area contributed by atoms with E-state index in [-0.39, 0.29) is 25.3 Å². The Labute approximate surface area is 204 Å². The lowest BCUT2D eigenvalue weighted by Crippen LogP contribution is -2.43. The van der Waals surface area contributed by atoms with Crippen molar-refractivity contribution in [1.82, 2.24) is 10.6 Å². The molecule has 0 aromatic heterocycles. The lowest BCUT2D eigenvalue weighted by molar-refractivity contribution is -0.136. The van der Waals surface area contributed by atoms with Gasteiger partial charge in [-0.2, -0.15) is 0 Å². The first-order valence-corrected chi connectivity index (χ1v) is 11.3. The maximum absolute atomic E-state index is 12.6. The minimum absolute atomic E-state index is 0.247. The van der Waals surface area contributed by atoms with Gasteiger partial charge in [0, 0.05) is 19.3 Å². The van der Waals surface area contributed by atoms with Crippen LogP contribution in [0.1, 0.15) is 38.7 Å². The Morgan fingerprint density at radius 2 is 1.51 bits per heavy atom. The maximum Gasteiger partial charge on any atom is 0.226 e. The zero-order valence-corrected chi connectivity index (χ0v) is 20.0. The Morgan fingerprint density at radius 3 is 2.06 bits per heavy atom. The molecule has 1 aromatic rings. The van der Waals surface area contributed by atoms with Crippen LogP contribution in [0.5, 0.6) is 0 Å². The first-order valence-electron chi connectivity index (χ1n) is 11.3. The highest BCUT2D eigenvalue weighted by Crippen LogP contribution is 2.17. The zero-order valence-electron chi connectivity index (χ0n) is 20.0. The first kappa shape index (κ1) is 29.6. The van der Waals surface area contributed by atoms with E-state index in [1.807, 2.05) is 30.3 Å². The molecule has 3 amide bonds. The van der Waals surface area contributed by atoms with Crippen LogP contribution in [0.15, 0.2) is 30.3 Å². The zero-order chi connectivity index (χ0) is 26.5. The molecule has 4 atom stereocenters. The van der Waals surface area contributed by atoms with Crippen LogP contribution in [0.4, 0.5) is 0 Å². The summed E-state index contributed by atoms with van der Waals surface area (Å²) in [4.78, 5) is 72.2. The number of amides is 3. The molecule has 0 aliphatic heterocycles. The van der Waals surface area contributed by atoms with E-state index in [4.69, 9.17) is 11.5 Å². The Morgan fingerprint density at radius 1 is 0.914 bits per heavy atom. The van der Waals surface area contributed by atoms with Crippen molar-refractivity contribution in [3.63, 3.8) is 0 Å². The molecule has 0 bridgehead atoms. The van der Waals surface area contributed by atoms with Crippen LogP contribution in [-0.4, -0.2) is 65.4 Å². The molecule has 11 nitrogen and oxygen atoms in total. The molecule has 1 unspecified atom stereocenters. The highest BCUT2D eigenvalue weighted by atomic mass is 16.3. The third kappa shape index (κ3) is 11.5. The van der Waals surface area contributed by atoms with Crippen LogP contribution in [-0.2, 0) is 35.2 Å². The number of hydrogen-bond acceptors (Lipinski definition) is 8. The molecule has 11 heteroatoms. The molecule has 7 N–H and O–H groups in total. The Kier molecular flexibility index (Phi) is 12.5. The molecule has 0 saturated carbocycles. The fourth-order valence-electron chi connectivity index (χ4n) is 3.36. The van der Waals surface area contributed by atoms with Crippen molar-refractivity contribution < 1.29 is 33.9 Å². The molecular weight excluding hydrogens is 456 g/mol. The first-order chi connectivity index (χ1) is 16.4. The van der Waals surface area contributed by atoms with Gasteiger partial charge in [0.25, 0.3) is 0 Å². The number of ketones is 3. The summed E-state index contributed by atoms with van der Waals surface area (Å²) in [5, 5.41) is 14.6. The monoisotopic (exact) mass is 490 g/mol. The second-order valence-electron chi connectivity index (χ2n) is 8.56. The smallest absolute Gasteiger partial charge is 0.226 e. The molecule has 0 radical (unpaired) electrons. The molecule has 0 aliphatic rings. The van der Waals surface area contributed by atoms with Gasteiger partial charge in [-0.3, -0.25) is 28.8 Å². The minimum atomic E-state index is -1.20. The second-order valence-corrected chi connectivity index (χ2v) is 8.56. The number of hydrogen-bond donors (Lipinski definition) is 5. The van der Waals surface area contributed by atoms with Crippen LogP contribution in [0, 0.1) is 11.8 Å². The number of aliphatic hydroxyl groups excluding tert-OH is 1. The molecule has 1 rings (SSSR count). The van der Waals surface area contributed by atoms with Gasteiger partial charge in [-0.1, -0.05) is 30.3 Å². The van der Waals surface area contributed by atoms with Crippen LogP contribution in [0.3, 0.4) is 0 Å². The summed E-state index contributed by atoms with van der Waals surface area (Å²) in [5.41, 5.74) is 12.0. The number of rotatable bonds is 16. The van der Waals surface area contributed by atoms with Crippen molar-refractivity contribution in [1.29, 1.82) is 0 Å². The van der Waals surface area contributed by atoms with Gasteiger partial charge in [0.15, 0.2) is 5.78 Å². The summed E-state index contributed by atoms with van der Waals surface area (Å²) in [6.07, 6.45) is -2.20. The van der Waals surface area contributed by atoms with E-state index in [0.29, 0.717) is 0 Å². The fourth-order valence-corrected chi connectivity index (χ4v) is 3.36. The van der Waals surface area contributed by atoms with E-state index < -0.39 is 72.5 Å². The lowest BCUT2D eigenvalue weighted by Gasteiger charge is -2.20. The topological polar surface area (TPSA) is 199 Å². The number of nitrogens with two attached hydrogens (primary N) is 2. The predicted octanol–water partition coefficient (Wildman–Crippen LogP) is -1.22. The third-order valence-corrected chi connectivity index (χ3v) is 5.32. The van der Waals surface area contributed by atoms with Gasteiger partial charge in [0.2, 0.25) is 17.7 Å². The van der Waals surface area contributed by atoms with E-state index in [1.54, 1.807) is 0 Å². The lowest BCUT2D eigenvalue weighted by atomic mass is 9.90. The number of aliphatic hydroxyl groups is 1. The van der Waals surface area contributed by atoms with E-state index in [1.165, 1.54) is 13.8 Å². The third-order valence-electron chi connectivity index (χ3n) is 5.32. The van der Waals surface area contributed by atoms with Crippen molar-refractivity contribution in [3.8, 4) is 0 Å². The molecule has 0 spiro atoms. The summed E-state index contributed by atoms with van der Waals surface area (Å²) < 4.78 is 0. The van der Waals surface area contributed by atoms with E-state index >= 15 is 0 Å². The van der Waals surface area contributed by atoms with Crippen molar-refractivity contribution in [2.24, 2.45) is 23.3 Å². The summed E-state index contributed by atoms with van der Waals surface area (Å²) >= 11 is 0. The van der Waals surface area contributed by atoms with Crippen LogP contribution in [0.25, 0.3) is 0 Å². The Bertz CT molecular complexity index is 918. The number of primary amides is 1. The number of carbonyl (C=O) groups is 6. The van der Waals surface area contributed by atoms with Gasteiger partial charge < -0.3 is 27.2 Å². The van der Waals surface area contributed by atoms with Gasteiger partial charge in [-0.25, -0.2) is 0 Å². The van der Waals surface area contributed by atoms with Gasteiger partial charge in [-0.15, -0.1) is 0 Å². The van der Waals surface area contributed by atoms with Crippen LogP contribution >= 0.6 is 0 Å². The quantitative estimate of drug-likeness (QED) is 0.190. The summed E-state index contributed by atoms with van der Waals surface area (Å²) in [5.74, 6) is -5.83. The van der Waals surface area contributed by atoms with E-state index in [9.17, 15) is 33.9 Å². The average molecular weight is 491 g/mol. The minimum Gasteiger partial charge on any atom is -0.393 e. The molecule has 0 saturated heterocycles. The standard InChI is InChI=1S/C24H34N4O7/c1-14(29)12-27-24(35)19(15(2)30)11-18(31)9-17(10-22(26)33)23(34)28-13-21(32)20(25)8-16-6-4-3-5-7-16/h3-7,15,17,19-20,30H,8-13,25H2,1-2H3,(H2,26,33)(H,27,35)(H,28,34)/t15?,17-,19-,20-/m0/s1. The number of nitrogens with one attached hydrogen (secondary N) is 2. The highest BCUT2D eigenvalue weighted by Gasteiger charge is 2.30. The largest absolute Gasteiger partial charge is 0.393 e. The van der Waals surface area contributed by atoms with Gasteiger partial charge in [0.1, 0.15) is 11.6 Å². The number of benzene rings is 1. The molecular formula is C24H34N4O7. The SMILES string of the molecule is CC(=O)CNC(=O)[C@@H](CC(=O)C[C@@H](CC(N)=O)C(=O)NCC(=O)[C@@H](N)Cc1ccccc1)C(C)O. The van der Waals surface area contributed by atoms with Crippen LogP contribution in [0.2, 0.25) is 0 Å². The molecule has 0 heterocycles. The van der Waals surface area contributed by atoms with Crippen molar-refractivity contribution in [3.05, 3.63) is 35.9 Å². The van der Waals surface area contributed by atoms with E-state index in [2.05, 4.69) is 10.6 Å². The van der Waals surface area contributed by atoms with Gasteiger partial charge >= 0.3 is 0 Å². The van der Waals surface area contributed by atoms with E-state index in [0.717, 1.165) is 5.56 Å².